The van der Waals surface area contributed by atoms with Crippen molar-refractivity contribution < 1.29 is 0 Å². The van der Waals surface area contributed by atoms with Crippen LogP contribution in [-0.2, 0) is 6.54 Å². The molecule has 1 heterocycles. The molecule has 0 saturated heterocycles. The SMILES string of the molecule is CCNC(=NCc1ccccn1)NC1CCC(C)CC1. The van der Waals surface area contributed by atoms with Crippen LogP contribution < -0.4 is 10.6 Å². The van der Waals surface area contributed by atoms with Crippen molar-refractivity contribution in [3.05, 3.63) is 30.1 Å². The first-order valence-corrected chi connectivity index (χ1v) is 7.72. The van der Waals surface area contributed by atoms with Crippen LogP contribution in [0.3, 0.4) is 0 Å². The normalized spacial score (nSPS) is 23.4. The lowest BCUT2D eigenvalue weighted by Crippen LogP contribution is -2.44. The Labute approximate surface area is 122 Å². The number of nitrogens with zero attached hydrogens (tertiary/aromatic N) is 2. The number of rotatable bonds is 4. The summed E-state index contributed by atoms with van der Waals surface area (Å²) in [5.74, 6) is 1.79. The number of hydrogen-bond acceptors (Lipinski definition) is 2. The number of nitrogens with one attached hydrogen (secondary N) is 2. The molecule has 1 fully saturated rings. The van der Waals surface area contributed by atoms with Crippen molar-refractivity contribution in [1.29, 1.82) is 0 Å². The minimum absolute atomic E-state index is 0.563. The second-order valence-electron chi connectivity index (χ2n) is 5.62. The van der Waals surface area contributed by atoms with Crippen LogP contribution in [0.15, 0.2) is 29.4 Å². The van der Waals surface area contributed by atoms with Gasteiger partial charge in [-0.05, 0) is 50.7 Å². The van der Waals surface area contributed by atoms with Gasteiger partial charge in [0.05, 0.1) is 12.2 Å². The van der Waals surface area contributed by atoms with Crippen LogP contribution in [0.5, 0.6) is 0 Å². The maximum atomic E-state index is 4.63. The first kappa shape index (κ1) is 14.8. The Morgan fingerprint density at radius 2 is 2.10 bits per heavy atom. The molecule has 1 aromatic rings. The molecule has 0 amide bonds. The summed E-state index contributed by atoms with van der Waals surface area (Å²) in [4.78, 5) is 8.93. The summed E-state index contributed by atoms with van der Waals surface area (Å²) < 4.78 is 0. The van der Waals surface area contributed by atoms with Crippen LogP contribution in [0, 0.1) is 5.92 Å². The van der Waals surface area contributed by atoms with Crippen molar-refractivity contribution in [2.24, 2.45) is 10.9 Å². The minimum atomic E-state index is 0.563. The maximum absolute atomic E-state index is 4.63. The van der Waals surface area contributed by atoms with Gasteiger partial charge in [-0.15, -0.1) is 0 Å². The third-order valence-electron chi connectivity index (χ3n) is 3.83. The molecule has 0 bridgehead atoms. The predicted molar refractivity (Wildman–Crippen MR) is 83.6 cm³/mol. The molecule has 0 atom stereocenters. The fourth-order valence-electron chi connectivity index (χ4n) is 2.57. The zero-order chi connectivity index (χ0) is 14.2. The third kappa shape index (κ3) is 4.83. The highest BCUT2D eigenvalue weighted by Crippen LogP contribution is 2.23. The minimum Gasteiger partial charge on any atom is -0.357 e. The van der Waals surface area contributed by atoms with Crippen LogP contribution in [0.4, 0.5) is 0 Å². The summed E-state index contributed by atoms with van der Waals surface area (Å²) >= 11 is 0. The van der Waals surface area contributed by atoms with Crippen molar-refractivity contribution in [2.45, 2.75) is 52.1 Å². The van der Waals surface area contributed by atoms with Crippen molar-refractivity contribution >= 4 is 5.96 Å². The van der Waals surface area contributed by atoms with E-state index in [-0.39, 0.29) is 0 Å². The number of guanidine groups is 1. The van der Waals surface area contributed by atoms with E-state index in [0.717, 1.165) is 24.1 Å². The van der Waals surface area contributed by atoms with Crippen molar-refractivity contribution in [3.63, 3.8) is 0 Å². The molecule has 0 aliphatic heterocycles. The molecule has 20 heavy (non-hydrogen) atoms. The quantitative estimate of drug-likeness (QED) is 0.655. The van der Waals surface area contributed by atoms with Crippen LogP contribution in [0.1, 0.15) is 45.2 Å². The van der Waals surface area contributed by atoms with E-state index in [9.17, 15) is 0 Å². The Hall–Kier alpha value is -1.58. The van der Waals surface area contributed by atoms with Gasteiger partial charge in [-0.3, -0.25) is 4.98 Å². The molecular formula is C16H26N4. The van der Waals surface area contributed by atoms with Crippen LogP contribution in [-0.4, -0.2) is 23.5 Å². The van der Waals surface area contributed by atoms with Gasteiger partial charge >= 0.3 is 0 Å². The molecule has 4 heteroatoms. The highest BCUT2D eigenvalue weighted by Gasteiger charge is 2.18. The van der Waals surface area contributed by atoms with E-state index in [1.165, 1.54) is 25.7 Å². The predicted octanol–water partition coefficient (Wildman–Crippen LogP) is 2.72. The van der Waals surface area contributed by atoms with Gasteiger partial charge in [0.1, 0.15) is 0 Å². The molecule has 2 rings (SSSR count). The molecule has 1 aromatic heterocycles. The molecule has 1 aliphatic rings. The maximum Gasteiger partial charge on any atom is 0.191 e. The lowest BCUT2D eigenvalue weighted by Gasteiger charge is -2.28. The van der Waals surface area contributed by atoms with Gasteiger partial charge < -0.3 is 10.6 Å². The number of pyridine rings is 1. The summed E-state index contributed by atoms with van der Waals surface area (Å²) in [6.45, 7) is 5.95. The van der Waals surface area contributed by atoms with Gasteiger partial charge in [0.25, 0.3) is 0 Å². The second-order valence-corrected chi connectivity index (χ2v) is 5.62. The molecule has 2 N–H and O–H groups in total. The average Bonchev–Trinajstić information content (AvgIpc) is 2.48. The van der Waals surface area contributed by atoms with E-state index in [1.54, 1.807) is 0 Å². The van der Waals surface area contributed by atoms with E-state index in [1.807, 2.05) is 24.4 Å². The Bertz CT molecular complexity index is 408. The summed E-state index contributed by atoms with van der Waals surface area (Å²) in [7, 11) is 0. The zero-order valence-corrected chi connectivity index (χ0v) is 12.6. The number of aromatic nitrogens is 1. The molecule has 4 nitrogen and oxygen atoms in total. The molecule has 110 valence electrons. The summed E-state index contributed by atoms with van der Waals surface area (Å²) in [5, 5.41) is 6.88. The first-order valence-electron chi connectivity index (χ1n) is 7.72. The summed E-state index contributed by atoms with van der Waals surface area (Å²) in [5.41, 5.74) is 1.00. The fraction of sp³-hybridized carbons (Fsp3) is 0.625. The largest absolute Gasteiger partial charge is 0.357 e. The highest BCUT2D eigenvalue weighted by molar-refractivity contribution is 5.80. The van der Waals surface area contributed by atoms with Gasteiger partial charge in [0.2, 0.25) is 0 Å². The molecule has 0 aromatic carbocycles. The number of hydrogen-bond donors (Lipinski definition) is 2. The van der Waals surface area contributed by atoms with Crippen LogP contribution in [0.2, 0.25) is 0 Å². The molecule has 0 radical (unpaired) electrons. The third-order valence-corrected chi connectivity index (χ3v) is 3.83. The van der Waals surface area contributed by atoms with Crippen molar-refractivity contribution in [3.8, 4) is 0 Å². The van der Waals surface area contributed by atoms with E-state index < -0.39 is 0 Å². The molecule has 1 aliphatic carbocycles. The highest BCUT2D eigenvalue weighted by atomic mass is 15.2. The van der Waals surface area contributed by atoms with Gasteiger partial charge in [0.15, 0.2) is 5.96 Å². The van der Waals surface area contributed by atoms with E-state index in [2.05, 4.69) is 34.5 Å². The Morgan fingerprint density at radius 3 is 2.75 bits per heavy atom. The lowest BCUT2D eigenvalue weighted by atomic mass is 9.87. The van der Waals surface area contributed by atoms with Crippen LogP contribution >= 0.6 is 0 Å². The Kier molecular flexibility index (Phi) is 5.84. The molecular weight excluding hydrogens is 248 g/mol. The summed E-state index contributed by atoms with van der Waals surface area (Å²) in [6.07, 6.45) is 6.94. The van der Waals surface area contributed by atoms with Crippen molar-refractivity contribution in [2.75, 3.05) is 6.54 Å². The van der Waals surface area contributed by atoms with E-state index in [4.69, 9.17) is 0 Å². The molecule has 0 unspecified atom stereocenters. The van der Waals surface area contributed by atoms with E-state index in [0.29, 0.717) is 12.6 Å². The monoisotopic (exact) mass is 274 g/mol. The van der Waals surface area contributed by atoms with Gasteiger partial charge in [-0.1, -0.05) is 13.0 Å². The standard InChI is InChI=1S/C16H26N4/c1-3-17-16(19-12-15-6-4-5-11-18-15)20-14-9-7-13(2)8-10-14/h4-6,11,13-14H,3,7-10,12H2,1-2H3,(H2,17,19,20). The molecule has 1 saturated carbocycles. The lowest BCUT2D eigenvalue weighted by molar-refractivity contribution is 0.329. The average molecular weight is 274 g/mol. The topological polar surface area (TPSA) is 49.3 Å². The van der Waals surface area contributed by atoms with E-state index >= 15 is 0 Å². The second kappa shape index (κ2) is 7.88. The number of aliphatic imine (C=N–C) groups is 1. The summed E-state index contributed by atoms with van der Waals surface area (Å²) in [6, 6.07) is 6.50. The first-order chi connectivity index (χ1) is 9.78. The zero-order valence-electron chi connectivity index (χ0n) is 12.6. The molecule has 0 spiro atoms. The smallest absolute Gasteiger partial charge is 0.191 e. The van der Waals surface area contributed by atoms with Crippen LogP contribution in [0.25, 0.3) is 0 Å². The Morgan fingerprint density at radius 1 is 1.30 bits per heavy atom. The van der Waals surface area contributed by atoms with Crippen molar-refractivity contribution in [1.82, 2.24) is 15.6 Å². The fourth-order valence-corrected chi connectivity index (χ4v) is 2.57. The Balaban J connectivity index is 1.89. The van der Waals surface area contributed by atoms with Gasteiger partial charge in [0, 0.05) is 18.8 Å². The van der Waals surface area contributed by atoms with Gasteiger partial charge in [-0.2, -0.15) is 0 Å². The van der Waals surface area contributed by atoms with Gasteiger partial charge in [-0.25, -0.2) is 4.99 Å².